The maximum Gasteiger partial charge on any atom is 0.278 e. The minimum Gasteiger partial charge on any atom is -0.321 e. The van der Waals surface area contributed by atoms with Gasteiger partial charge in [-0.15, -0.1) is 5.10 Å². The van der Waals surface area contributed by atoms with Crippen LogP contribution in [-0.2, 0) is 5.75 Å². The number of para-hydroxylation sites is 1. The Morgan fingerprint density at radius 3 is 2.39 bits per heavy atom. The second kappa shape index (κ2) is 9.05. The summed E-state index contributed by atoms with van der Waals surface area (Å²) < 4.78 is 14.9. The van der Waals surface area contributed by atoms with Crippen molar-refractivity contribution in [1.82, 2.24) is 25.0 Å². The molecule has 0 atom stereocenters. The second-order valence-corrected chi connectivity index (χ2v) is 7.76. The number of aryl methyl sites for hydroxylation is 2. The van der Waals surface area contributed by atoms with Crippen molar-refractivity contribution in [2.24, 2.45) is 0 Å². The summed E-state index contributed by atoms with van der Waals surface area (Å²) in [6.45, 7) is 3.81. The van der Waals surface area contributed by atoms with Crippen LogP contribution in [0, 0.1) is 19.7 Å². The summed E-state index contributed by atoms with van der Waals surface area (Å²) in [6.07, 6.45) is 0. The van der Waals surface area contributed by atoms with E-state index >= 15 is 0 Å². The molecule has 0 aliphatic heterocycles. The zero-order chi connectivity index (χ0) is 21.8. The smallest absolute Gasteiger partial charge is 0.278 e. The molecule has 2 aromatic heterocycles. The van der Waals surface area contributed by atoms with Crippen LogP contribution < -0.4 is 5.32 Å². The van der Waals surface area contributed by atoms with Gasteiger partial charge in [-0.25, -0.2) is 19.0 Å². The van der Waals surface area contributed by atoms with Gasteiger partial charge < -0.3 is 5.32 Å². The molecule has 0 saturated heterocycles. The number of carbonyl (C=O) groups excluding carboxylic acids is 1. The van der Waals surface area contributed by atoms with E-state index in [9.17, 15) is 9.18 Å². The molecule has 2 aromatic carbocycles. The lowest BCUT2D eigenvalue weighted by molar-refractivity contribution is 0.102. The highest BCUT2D eigenvalue weighted by Crippen LogP contribution is 2.24. The van der Waals surface area contributed by atoms with E-state index < -0.39 is 0 Å². The quantitative estimate of drug-likeness (QED) is 0.359. The van der Waals surface area contributed by atoms with Crippen LogP contribution in [0.25, 0.3) is 5.69 Å². The van der Waals surface area contributed by atoms with Crippen molar-refractivity contribution >= 4 is 23.4 Å². The first kappa shape index (κ1) is 20.7. The first-order chi connectivity index (χ1) is 15.0. The van der Waals surface area contributed by atoms with Gasteiger partial charge in [-0.2, -0.15) is 0 Å². The number of benzene rings is 2. The van der Waals surface area contributed by atoms with Gasteiger partial charge in [-0.05, 0) is 56.3 Å². The number of nitrogens with one attached hydrogen (secondary N) is 1. The summed E-state index contributed by atoms with van der Waals surface area (Å²) in [5, 5.41) is 11.7. The number of hydrogen-bond acceptors (Lipinski definition) is 6. The minimum absolute atomic E-state index is 0.185. The Hall–Kier alpha value is -3.59. The fourth-order valence-electron chi connectivity index (χ4n) is 3.00. The third-order valence-corrected chi connectivity index (χ3v) is 5.24. The number of amides is 1. The van der Waals surface area contributed by atoms with Crippen molar-refractivity contribution < 1.29 is 9.18 Å². The number of anilines is 1. The molecule has 4 rings (SSSR count). The van der Waals surface area contributed by atoms with Crippen molar-refractivity contribution in [2.75, 3.05) is 5.32 Å². The Morgan fingerprint density at radius 2 is 1.71 bits per heavy atom. The molecule has 0 spiro atoms. The molecule has 156 valence electrons. The number of rotatable bonds is 6. The van der Waals surface area contributed by atoms with Crippen molar-refractivity contribution in [3.05, 3.63) is 89.3 Å². The van der Waals surface area contributed by atoms with Crippen LogP contribution in [0.4, 0.5) is 10.1 Å². The molecular formula is C22H19FN6OS. The fourth-order valence-corrected chi connectivity index (χ4v) is 3.94. The summed E-state index contributed by atoms with van der Waals surface area (Å²) in [6, 6.07) is 16.9. The van der Waals surface area contributed by atoms with Gasteiger partial charge in [0.25, 0.3) is 5.91 Å². The van der Waals surface area contributed by atoms with Crippen LogP contribution in [0.1, 0.15) is 27.6 Å². The van der Waals surface area contributed by atoms with E-state index in [-0.39, 0.29) is 17.4 Å². The monoisotopic (exact) mass is 434 g/mol. The summed E-state index contributed by atoms with van der Waals surface area (Å²) in [5.41, 5.74) is 3.73. The normalized spacial score (nSPS) is 10.8. The van der Waals surface area contributed by atoms with E-state index in [1.165, 1.54) is 28.6 Å². The number of nitrogens with zero attached hydrogens (tertiary/aromatic N) is 5. The van der Waals surface area contributed by atoms with Crippen LogP contribution in [0.5, 0.6) is 0 Å². The van der Waals surface area contributed by atoms with Gasteiger partial charge in [0, 0.05) is 22.8 Å². The van der Waals surface area contributed by atoms with Gasteiger partial charge in [0.2, 0.25) is 0 Å². The molecule has 0 aliphatic carbocycles. The molecule has 31 heavy (non-hydrogen) atoms. The van der Waals surface area contributed by atoms with Crippen LogP contribution in [0.2, 0.25) is 0 Å². The Labute approximate surface area is 182 Å². The largest absolute Gasteiger partial charge is 0.321 e. The molecule has 0 radical (unpaired) electrons. The molecule has 2 heterocycles. The van der Waals surface area contributed by atoms with Gasteiger partial charge in [0.05, 0.1) is 11.4 Å². The lowest BCUT2D eigenvalue weighted by Gasteiger charge is -2.09. The van der Waals surface area contributed by atoms with Crippen molar-refractivity contribution in [3.8, 4) is 5.69 Å². The van der Waals surface area contributed by atoms with E-state index in [1.807, 2.05) is 38.1 Å². The molecule has 1 amide bonds. The molecule has 0 saturated carbocycles. The fraction of sp³-hybridized carbons (Fsp3) is 0.136. The number of hydrogen-bond donors (Lipinski definition) is 1. The van der Waals surface area contributed by atoms with Gasteiger partial charge in [0.1, 0.15) is 5.82 Å². The number of aromatic nitrogens is 5. The zero-order valence-electron chi connectivity index (χ0n) is 16.9. The first-order valence-corrected chi connectivity index (χ1v) is 10.5. The lowest BCUT2D eigenvalue weighted by atomic mass is 10.2. The van der Waals surface area contributed by atoms with Crippen molar-refractivity contribution in [2.45, 2.75) is 24.8 Å². The Morgan fingerprint density at radius 1 is 1.03 bits per heavy atom. The number of carbonyl (C=O) groups is 1. The summed E-state index contributed by atoms with van der Waals surface area (Å²) in [4.78, 5) is 21.8. The van der Waals surface area contributed by atoms with E-state index in [4.69, 9.17) is 0 Å². The Kier molecular flexibility index (Phi) is 6.03. The number of halogens is 1. The van der Waals surface area contributed by atoms with Crippen LogP contribution in [-0.4, -0.2) is 30.9 Å². The average molecular weight is 435 g/mol. The van der Waals surface area contributed by atoms with Crippen LogP contribution >= 0.6 is 11.8 Å². The van der Waals surface area contributed by atoms with Crippen LogP contribution in [0.15, 0.2) is 65.8 Å². The lowest BCUT2D eigenvalue weighted by Crippen LogP contribution is -2.15. The average Bonchev–Trinajstić information content (AvgIpc) is 3.17. The maximum absolute atomic E-state index is 13.4. The van der Waals surface area contributed by atoms with Gasteiger partial charge in [0.15, 0.2) is 10.9 Å². The third-order valence-electron chi connectivity index (χ3n) is 4.38. The topological polar surface area (TPSA) is 85.6 Å². The molecular weight excluding hydrogens is 415 g/mol. The van der Waals surface area contributed by atoms with Crippen LogP contribution in [0.3, 0.4) is 0 Å². The molecule has 0 bridgehead atoms. The Bertz CT molecular complexity index is 1190. The zero-order valence-corrected chi connectivity index (χ0v) is 17.7. The number of thioether (sulfide) groups is 1. The predicted octanol–water partition coefficient (Wildman–Crippen LogP) is 4.36. The van der Waals surface area contributed by atoms with Crippen molar-refractivity contribution in [1.29, 1.82) is 0 Å². The predicted molar refractivity (Wildman–Crippen MR) is 117 cm³/mol. The van der Waals surface area contributed by atoms with Gasteiger partial charge in [-0.3, -0.25) is 4.79 Å². The summed E-state index contributed by atoms with van der Waals surface area (Å²) in [5.74, 6) is -0.382. The Balaban J connectivity index is 1.67. The van der Waals surface area contributed by atoms with E-state index in [0.717, 1.165) is 11.4 Å². The third kappa shape index (κ3) is 4.95. The van der Waals surface area contributed by atoms with E-state index in [0.29, 0.717) is 28.0 Å². The molecule has 9 heteroatoms. The SMILES string of the molecule is Cc1cc(C)nc(SCc2c(C(=O)Nc3ccccc3)nnn2-c2ccc(F)cc2)n1. The molecule has 4 aromatic rings. The highest BCUT2D eigenvalue weighted by atomic mass is 32.2. The minimum atomic E-state index is -0.378. The van der Waals surface area contributed by atoms with E-state index in [1.54, 1.807) is 24.3 Å². The summed E-state index contributed by atoms with van der Waals surface area (Å²) >= 11 is 1.38. The molecule has 0 fully saturated rings. The molecule has 7 nitrogen and oxygen atoms in total. The highest BCUT2D eigenvalue weighted by molar-refractivity contribution is 7.98. The standard InChI is InChI=1S/C22H19FN6OS/c1-14-12-15(2)25-22(24-14)31-13-19-20(21(30)26-17-6-4-3-5-7-17)27-28-29(19)18-10-8-16(23)9-11-18/h3-12H,13H2,1-2H3,(H,26,30). The van der Waals surface area contributed by atoms with Gasteiger partial charge >= 0.3 is 0 Å². The van der Waals surface area contributed by atoms with Gasteiger partial charge in [-0.1, -0.05) is 35.2 Å². The van der Waals surface area contributed by atoms with E-state index in [2.05, 4.69) is 25.6 Å². The molecule has 1 N–H and O–H groups in total. The first-order valence-electron chi connectivity index (χ1n) is 9.51. The molecule has 0 aliphatic rings. The summed E-state index contributed by atoms with van der Waals surface area (Å²) in [7, 11) is 0. The molecule has 0 unspecified atom stereocenters. The van der Waals surface area contributed by atoms with Crippen molar-refractivity contribution in [3.63, 3.8) is 0 Å². The highest BCUT2D eigenvalue weighted by Gasteiger charge is 2.21. The maximum atomic E-state index is 13.4. The second-order valence-electron chi connectivity index (χ2n) is 6.82.